The van der Waals surface area contributed by atoms with Crippen molar-refractivity contribution in [3.05, 3.63) is 18.0 Å². The van der Waals surface area contributed by atoms with Crippen LogP contribution in [-0.2, 0) is 11.3 Å². The smallest absolute Gasteiger partial charge is 0.254 e. The van der Waals surface area contributed by atoms with Crippen LogP contribution in [0.25, 0.3) is 0 Å². The van der Waals surface area contributed by atoms with Crippen LogP contribution in [-0.4, -0.2) is 32.2 Å². The summed E-state index contributed by atoms with van der Waals surface area (Å²) in [4.78, 5) is 13.2. The molecule has 174 valence electrons. The van der Waals surface area contributed by atoms with Gasteiger partial charge in [-0.1, -0.05) is 6.92 Å². The molecule has 0 aromatic carbocycles. The molecule has 7 heteroatoms. The molecule has 0 bridgehead atoms. The maximum Gasteiger partial charge on any atom is 0.254 e. The maximum absolute atomic E-state index is 16.0. The van der Waals surface area contributed by atoms with E-state index in [0.29, 0.717) is 30.7 Å². The van der Waals surface area contributed by atoms with Crippen LogP contribution in [0.2, 0.25) is 0 Å². The molecule has 5 nitrogen and oxygen atoms in total. The van der Waals surface area contributed by atoms with Crippen molar-refractivity contribution < 1.29 is 18.7 Å². The van der Waals surface area contributed by atoms with Crippen LogP contribution in [0.1, 0.15) is 70.8 Å². The number of aromatic nitrogens is 2. The number of carbonyl (C=O) groups excluding carboxylic acids is 1. The Morgan fingerprint density at radius 2 is 1.97 bits per heavy atom. The number of rotatable bonds is 3. The number of nitriles is 1. The fourth-order valence-electron chi connectivity index (χ4n) is 8.33. The molecule has 1 heterocycles. The van der Waals surface area contributed by atoms with Gasteiger partial charge >= 0.3 is 0 Å². The van der Waals surface area contributed by atoms with E-state index in [2.05, 4.69) is 5.10 Å². The average Bonchev–Trinajstić information content (AvgIpc) is 3.32. The molecule has 32 heavy (non-hydrogen) atoms. The highest BCUT2D eigenvalue weighted by Crippen LogP contribution is 2.69. The molecule has 8 atom stereocenters. The summed E-state index contributed by atoms with van der Waals surface area (Å²) in [5, 5.41) is 23.6. The molecule has 0 spiro atoms. The second-order valence-electron chi connectivity index (χ2n) is 11.5. The van der Waals surface area contributed by atoms with Crippen molar-refractivity contribution in [3.8, 4) is 6.07 Å². The van der Waals surface area contributed by atoms with E-state index >= 15 is 8.78 Å². The first-order chi connectivity index (χ1) is 15.1. The highest BCUT2D eigenvalue weighted by atomic mass is 19.3. The molecule has 4 aliphatic rings. The molecule has 4 saturated carbocycles. The van der Waals surface area contributed by atoms with Crippen LogP contribution in [0.15, 0.2) is 12.4 Å². The summed E-state index contributed by atoms with van der Waals surface area (Å²) in [6.45, 7) is 3.50. The fraction of sp³-hybridized carbons (Fsp3) is 0.800. The summed E-state index contributed by atoms with van der Waals surface area (Å²) in [6.07, 6.45) is 8.15. The molecule has 2 unspecified atom stereocenters. The Morgan fingerprint density at radius 3 is 2.69 bits per heavy atom. The quantitative estimate of drug-likeness (QED) is 0.738. The SMILES string of the molecule is C[C@@]1(O)CCC2C(CC[C@@H]3[C@@H]2CC(F)(F)[C@]2(C)[C@@H](C(=O)Cn4cc(C#N)cn4)CC[C@@H]32)C1. The first-order valence-electron chi connectivity index (χ1n) is 12.1. The Balaban J connectivity index is 1.39. The largest absolute Gasteiger partial charge is 0.390 e. The van der Waals surface area contributed by atoms with E-state index in [9.17, 15) is 9.90 Å². The van der Waals surface area contributed by atoms with Gasteiger partial charge in [0.2, 0.25) is 0 Å². The number of aliphatic hydroxyl groups is 1. The third kappa shape index (κ3) is 3.24. The molecule has 0 saturated heterocycles. The number of halogens is 2. The van der Waals surface area contributed by atoms with Crippen LogP contribution in [0, 0.1) is 52.3 Å². The minimum Gasteiger partial charge on any atom is -0.390 e. The van der Waals surface area contributed by atoms with Crippen molar-refractivity contribution in [2.24, 2.45) is 40.9 Å². The summed E-state index contributed by atoms with van der Waals surface area (Å²) < 4.78 is 33.3. The normalized spacial score (nSPS) is 44.8. The Kier molecular flexibility index (Phi) is 5.05. The first-order valence-corrected chi connectivity index (χ1v) is 12.1. The molecule has 1 aromatic rings. The van der Waals surface area contributed by atoms with Gasteiger partial charge in [-0.05, 0) is 81.5 Å². The van der Waals surface area contributed by atoms with E-state index < -0.39 is 22.9 Å². The highest BCUT2D eigenvalue weighted by Gasteiger charge is 2.70. The summed E-state index contributed by atoms with van der Waals surface area (Å²) in [5.74, 6) is -3.04. The van der Waals surface area contributed by atoms with Gasteiger partial charge in [-0.15, -0.1) is 0 Å². The predicted molar refractivity (Wildman–Crippen MR) is 114 cm³/mol. The predicted octanol–water partition coefficient (Wildman–Crippen LogP) is 4.59. The maximum atomic E-state index is 16.0. The Hall–Kier alpha value is -1.81. The lowest BCUT2D eigenvalue weighted by atomic mass is 9.47. The number of nitrogens with zero attached hydrogens (tertiary/aromatic N) is 3. The molecule has 0 aliphatic heterocycles. The minimum atomic E-state index is -2.89. The standard InChI is InChI=1S/C25H33F2N3O2/c1-23(32)8-7-17-16(9-23)3-4-18-19(17)10-25(26,27)24(2)20(18)5-6-21(24)22(31)14-30-13-15(11-28)12-29-30/h12-13,16-21,32H,3-10,14H2,1-2H3/t16?,17?,18-,19-,20+,21-,23-,24+/m1/s1. The Labute approximate surface area is 188 Å². The zero-order chi connectivity index (χ0) is 22.9. The lowest BCUT2D eigenvalue weighted by molar-refractivity contribution is -0.228. The molecular formula is C25H33F2N3O2. The van der Waals surface area contributed by atoms with Crippen molar-refractivity contribution in [1.29, 1.82) is 5.26 Å². The zero-order valence-electron chi connectivity index (χ0n) is 18.9. The Morgan fingerprint density at radius 1 is 1.19 bits per heavy atom. The topological polar surface area (TPSA) is 78.9 Å². The first kappa shape index (κ1) is 22.0. The van der Waals surface area contributed by atoms with Gasteiger partial charge in [0.15, 0.2) is 5.78 Å². The Bertz CT molecular complexity index is 951. The van der Waals surface area contributed by atoms with Crippen molar-refractivity contribution in [2.75, 3.05) is 0 Å². The van der Waals surface area contributed by atoms with Gasteiger partial charge < -0.3 is 5.11 Å². The molecule has 1 aromatic heterocycles. The van der Waals surface area contributed by atoms with E-state index in [-0.39, 0.29) is 42.4 Å². The summed E-state index contributed by atoms with van der Waals surface area (Å²) in [7, 11) is 0. The molecular weight excluding hydrogens is 412 g/mol. The molecule has 0 amide bonds. The summed E-state index contributed by atoms with van der Waals surface area (Å²) in [5.41, 5.74) is -1.62. The molecule has 4 aliphatic carbocycles. The second-order valence-corrected chi connectivity index (χ2v) is 11.5. The van der Waals surface area contributed by atoms with Gasteiger partial charge in [-0.3, -0.25) is 9.48 Å². The summed E-state index contributed by atoms with van der Waals surface area (Å²) >= 11 is 0. The lowest BCUT2D eigenvalue weighted by Gasteiger charge is -2.59. The van der Waals surface area contributed by atoms with Crippen molar-refractivity contribution in [3.63, 3.8) is 0 Å². The van der Waals surface area contributed by atoms with Crippen LogP contribution in [0.4, 0.5) is 8.78 Å². The van der Waals surface area contributed by atoms with Gasteiger partial charge in [0, 0.05) is 24.0 Å². The van der Waals surface area contributed by atoms with Gasteiger partial charge in [0.25, 0.3) is 5.92 Å². The minimum absolute atomic E-state index is 0.00363. The van der Waals surface area contributed by atoms with Gasteiger partial charge in [-0.2, -0.15) is 10.4 Å². The molecule has 5 rings (SSSR count). The molecule has 1 N–H and O–H groups in total. The third-order valence-electron chi connectivity index (χ3n) is 9.82. The van der Waals surface area contributed by atoms with E-state index in [0.717, 1.165) is 25.7 Å². The molecule has 4 fully saturated rings. The average molecular weight is 446 g/mol. The van der Waals surface area contributed by atoms with E-state index in [1.807, 2.05) is 13.0 Å². The third-order valence-corrected chi connectivity index (χ3v) is 9.82. The lowest BCUT2D eigenvalue weighted by Crippen LogP contribution is -2.59. The van der Waals surface area contributed by atoms with Crippen LogP contribution < -0.4 is 0 Å². The number of ketones is 1. The zero-order valence-corrected chi connectivity index (χ0v) is 18.9. The van der Waals surface area contributed by atoms with E-state index in [1.54, 1.807) is 6.92 Å². The van der Waals surface area contributed by atoms with E-state index in [4.69, 9.17) is 5.26 Å². The number of alkyl halides is 2. The number of fused-ring (bicyclic) bond motifs is 5. The van der Waals surface area contributed by atoms with Crippen LogP contribution >= 0.6 is 0 Å². The number of carbonyl (C=O) groups is 1. The summed E-state index contributed by atoms with van der Waals surface area (Å²) in [6, 6.07) is 1.98. The van der Waals surface area contributed by atoms with Crippen molar-refractivity contribution in [2.45, 2.75) is 83.3 Å². The van der Waals surface area contributed by atoms with Crippen molar-refractivity contribution >= 4 is 5.78 Å². The molecule has 0 radical (unpaired) electrons. The van der Waals surface area contributed by atoms with Gasteiger partial charge in [0.05, 0.1) is 23.9 Å². The number of hydrogen-bond acceptors (Lipinski definition) is 4. The highest BCUT2D eigenvalue weighted by molar-refractivity contribution is 5.82. The van der Waals surface area contributed by atoms with Crippen LogP contribution in [0.5, 0.6) is 0 Å². The number of hydrogen-bond donors (Lipinski definition) is 1. The van der Waals surface area contributed by atoms with Crippen molar-refractivity contribution in [1.82, 2.24) is 9.78 Å². The van der Waals surface area contributed by atoms with Gasteiger partial charge in [0.1, 0.15) is 6.07 Å². The van der Waals surface area contributed by atoms with E-state index in [1.165, 1.54) is 17.1 Å². The van der Waals surface area contributed by atoms with Gasteiger partial charge in [-0.25, -0.2) is 8.78 Å². The second kappa shape index (κ2) is 7.35. The van der Waals surface area contributed by atoms with Crippen LogP contribution in [0.3, 0.4) is 0 Å². The number of Topliss-reactive ketones (excluding diaryl/α,β-unsaturated/α-hetero) is 1. The fourth-order valence-corrected chi connectivity index (χ4v) is 8.33. The monoisotopic (exact) mass is 445 g/mol.